The molecule has 1 aromatic rings. The van der Waals surface area contributed by atoms with Gasteiger partial charge in [-0.05, 0) is 25.7 Å². The summed E-state index contributed by atoms with van der Waals surface area (Å²) in [5.41, 5.74) is 0.394. The highest BCUT2D eigenvalue weighted by Gasteiger charge is 2.34. The van der Waals surface area contributed by atoms with E-state index in [-0.39, 0.29) is 10.8 Å². The van der Waals surface area contributed by atoms with Crippen molar-refractivity contribution in [3.8, 4) is 0 Å². The molecule has 1 unspecified atom stereocenters. The van der Waals surface area contributed by atoms with Crippen LogP contribution in [0.25, 0.3) is 0 Å². The minimum atomic E-state index is -3.87. The summed E-state index contributed by atoms with van der Waals surface area (Å²) in [5.74, 6) is -1.27. The van der Waals surface area contributed by atoms with Gasteiger partial charge in [-0.25, -0.2) is 8.42 Å². The van der Waals surface area contributed by atoms with Crippen molar-refractivity contribution in [3.05, 3.63) is 11.9 Å². The molecule has 1 fully saturated rings. The van der Waals surface area contributed by atoms with Crippen LogP contribution in [-0.2, 0) is 14.8 Å². The average molecular weight is 301 g/mol. The first-order chi connectivity index (χ1) is 9.42. The number of rotatable bonds is 5. The van der Waals surface area contributed by atoms with Gasteiger partial charge in [0.25, 0.3) is 0 Å². The zero-order valence-corrected chi connectivity index (χ0v) is 12.1. The molecule has 0 aromatic carbocycles. The van der Waals surface area contributed by atoms with E-state index in [2.05, 4.69) is 14.9 Å². The maximum absolute atomic E-state index is 12.2. The Bertz CT molecular complexity index is 575. The number of aryl methyl sites for hydroxylation is 1. The third-order valence-electron chi connectivity index (χ3n) is 3.74. The number of nitrogens with zero attached hydrogens (tertiary/aromatic N) is 1. The second-order valence-corrected chi connectivity index (χ2v) is 6.88. The van der Waals surface area contributed by atoms with Crippen molar-refractivity contribution in [1.82, 2.24) is 14.9 Å². The van der Waals surface area contributed by atoms with E-state index in [0.29, 0.717) is 5.69 Å². The first-order valence-corrected chi connectivity index (χ1v) is 8.15. The highest BCUT2D eigenvalue weighted by atomic mass is 32.2. The average Bonchev–Trinajstić information content (AvgIpc) is 2.84. The molecule has 0 bridgehead atoms. The van der Waals surface area contributed by atoms with E-state index >= 15 is 0 Å². The monoisotopic (exact) mass is 301 g/mol. The number of carboxylic acid groups (broad SMARTS) is 1. The predicted molar refractivity (Wildman–Crippen MR) is 71.6 cm³/mol. The molecule has 0 spiro atoms. The molecule has 112 valence electrons. The Morgan fingerprint density at radius 3 is 2.60 bits per heavy atom. The standard InChI is InChI=1S/C12H19N3O4S/c1-8-10(7-13-14-8)20(18,19)15-11(12(16)17)9-5-3-2-4-6-9/h7,9,11,15H,2-6H2,1H3,(H,13,14)(H,16,17). The lowest BCUT2D eigenvalue weighted by atomic mass is 9.84. The summed E-state index contributed by atoms with van der Waals surface area (Å²) in [6.07, 6.45) is 5.64. The first kappa shape index (κ1) is 15.0. The largest absolute Gasteiger partial charge is 0.480 e. The van der Waals surface area contributed by atoms with Crippen LogP contribution in [0.3, 0.4) is 0 Å². The van der Waals surface area contributed by atoms with Crippen LogP contribution in [0, 0.1) is 12.8 Å². The van der Waals surface area contributed by atoms with Gasteiger partial charge in [0.2, 0.25) is 10.0 Å². The topological polar surface area (TPSA) is 112 Å². The smallest absolute Gasteiger partial charge is 0.322 e. The van der Waals surface area contributed by atoms with Crippen LogP contribution in [0.4, 0.5) is 0 Å². The summed E-state index contributed by atoms with van der Waals surface area (Å²) in [7, 11) is -3.87. The van der Waals surface area contributed by atoms with E-state index in [1.54, 1.807) is 6.92 Å². The summed E-state index contributed by atoms with van der Waals surface area (Å²) < 4.78 is 26.8. The predicted octanol–water partition coefficient (Wildman–Crippen LogP) is 1.03. The van der Waals surface area contributed by atoms with Crippen molar-refractivity contribution in [3.63, 3.8) is 0 Å². The van der Waals surface area contributed by atoms with Gasteiger partial charge in [0.05, 0.1) is 11.9 Å². The van der Waals surface area contributed by atoms with Crippen molar-refractivity contribution in [2.24, 2.45) is 5.92 Å². The third kappa shape index (κ3) is 3.18. The molecule has 0 amide bonds. The van der Waals surface area contributed by atoms with Gasteiger partial charge in [0, 0.05) is 0 Å². The SMILES string of the molecule is Cc1[nH]ncc1S(=O)(=O)NC(C(=O)O)C1CCCCC1. The molecule has 0 radical (unpaired) electrons. The quantitative estimate of drug-likeness (QED) is 0.752. The summed E-state index contributed by atoms with van der Waals surface area (Å²) in [6.45, 7) is 1.58. The number of aliphatic carboxylic acids is 1. The summed E-state index contributed by atoms with van der Waals surface area (Å²) >= 11 is 0. The number of hydrogen-bond acceptors (Lipinski definition) is 4. The summed E-state index contributed by atoms with van der Waals surface area (Å²) in [5, 5.41) is 15.5. The molecule has 1 atom stereocenters. The van der Waals surface area contributed by atoms with Crippen LogP contribution in [0.15, 0.2) is 11.1 Å². The van der Waals surface area contributed by atoms with Crippen LogP contribution in [0.1, 0.15) is 37.8 Å². The first-order valence-electron chi connectivity index (χ1n) is 6.67. The molecule has 3 N–H and O–H groups in total. The maximum Gasteiger partial charge on any atom is 0.322 e. The number of hydrogen-bond donors (Lipinski definition) is 3. The van der Waals surface area contributed by atoms with E-state index in [9.17, 15) is 18.3 Å². The van der Waals surface area contributed by atoms with Crippen molar-refractivity contribution in [1.29, 1.82) is 0 Å². The van der Waals surface area contributed by atoms with Crippen LogP contribution < -0.4 is 4.72 Å². The van der Waals surface area contributed by atoms with Crippen LogP contribution in [0.2, 0.25) is 0 Å². The van der Waals surface area contributed by atoms with Crippen LogP contribution in [0.5, 0.6) is 0 Å². The van der Waals surface area contributed by atoms with Gasteiger partial charge in [0.15, 0.2) is 0 Å². The van der Waals surface area contributed by atoms with Crippen molar-refractivity contribution in [2.75, 3.05) is 0 Å². The van der Waals surface area contributed by atoms with E-state index < -0.39 is 22.0 Å². The van der Waals surface area contributed by atoms with Crippen LogP contribution in [-0.4, -0.2) is 35.7 Å². The Kier molecular flexibility index (Phi) is 4.44. The van der Waals surface area contributed by atoms with Gasteiger partial charge in [-0.3, -0.25) is 9.89 Å². The number of H-pyrrole nitrogens is 1. The minimum absolute atomic E-state index is 0.000408. The summed E-state index contributed by atoms with van der Waals surface area (Å²) in [4.78, 5) is 11.4. The second kappa shape index (κ2) is 5.92. The second-order valence-electron chi connectivity index (χ2n) is 5.19. The molecule has 0 aliphatic heterocycles. The van der Waals surface area contributed by atoms with Gasteiger partial charge >= 0.3 is 5.97 Å². The van der Waals surface area contributed by atoms with Gasteiger partial charge in [-0.1, -0.05) is 19.3 Å². The molecule has 1 aliphatic carbocycles. The van der Waals surface area contributed by atoms with Gasteiger partial charge in [0.1, 0.15) is 10.9 Å². The fraction of sp³-hybridized carbons (Fsp3) is 0.667. The fourth-order valence-corrected chi connectivity index (χ4v) is 4.05. The maximum atomic E-state index is 12.2. The Morgan fingerprint density at radius 2 is 2.10 bits per heavy atom. The van der Waals surface area contributed by atoms with E-state index in [4.69, 9.17) is 0 Å². The molecule has 2 rings (SSSR count). The molecule has 1 aromatic heterocycles. The van der Waals surface area contributed by atoms with Crippen molar-refractivity contribution < 1.29 is 18.3 Å². The number of carbonyl (C=O) groups is 1. The highest BCUT2D eigenvalue weighted by molar-refractivity contribution is 7.89. The lowest BCUT2D eigenvalue weighted by Gasteiger charge is -2.27. The molecule has 1 saturated carbocycles. The third-order valence-corrected chi connectivity index (χ3v) is 5.30. The van der Waals surface area contributed by atoms with Crippen molar-refractivity contribution in [2.45, 2.75) is 50.0 Å². The molecular weight excluding hydrogens is 282 g/mol. The molecule has 8 heteroatoms. The zero-order valence-electron chi connectivity index (χ0n) is 11.3. The minimum Gasteiger partial charge on any atom is -0.480 e. The van der Waals surface area contributed by atoms with Gasteiger partial charge in [-0.2, -0.15) is 9.82 Å². The molecule has 7 nitrogen and oxygen atoms in total. The molecule has 0 saturated heterocycles. The zero-order chi connectivity index (χ0) is 14.8. The fourth-order valence-electron chi connectivity index (χ4n) is 2.66. The molecule has 1 heterocycles. The summed E-state index contributed by atoms with van der Waals surface area (Å²) in [6, 6.07) is -1.07. The van der Waals surface area contributed by atoms with Crippen molar-refractivity contribution >= 4 is 16.0 Å². The van der Waals surface area contributed by atoms with E-state index in [1.807, 2.05) is 0 Å². The Morgan fingerprint density at radius 1 is 1.45 bits per heavy atom. The normalized spacial score (nSPS) is 18.9. The Labute approximate surface area is 117 Å². The number of carboxylic acids is 1. The van der Waals surface area contributed by atoms with Gasteiger partial charge in [-0.15, -0.1) is 0 Å². The van der Waals surface area contributed by atoms with E-state index in [1.165, 1.54) is 6.20 Å². The molecule has 20 heavy (non-hydrogen) atoms. The van der Waals surface area contributed by atoms with Crippen LogP contribution >= 0.6 is 0 Å². The molecule has 1 aliphatic rings. The number of sulfonamides is 1. The molecular formula is C12H19N3O4S. The van der Waals surface area contributed by atoms with Gasteiger partial charge < -0.3 is 5.11 Å². The number of nitrogens with one attached hydrogen (secondary N) is 2. The Balaban J connectivity index is 2.19. The lowest BCUT2D eigenvalue weighted by Crippen LogP contribution is -2.46. The number of aromatic amines is 1. The van der Waals surface area contributed by atoms with E-state index in [0.717, 1.165) is 32.1 Å². The highest BCUT2D eigenvalue weighted by Crippen LogP contribution is 2.27. The lowest BCUT2D eigenvalue weighted by molar-refractivity contribution is -0.140. The number of aromatic nitrogens is 2. The Hall–Kier alpha value is -1.41.